The van der Waals surface area contributed by atoms with Crippen LogP contribution in [0.1, 0.15) is 111 Å². The summed E-state index contributed by atoms with van der Waals surface area (Å²) in [7, 11) is 6.02. The molecule has 1 heterocycles. The molecule has 5 aromatic carbocycles. The summed E-state index contributed by atoms with van der Waals surface area (Å²) >= 11 is 6.62. The van der Waals surface area contributed by atoms with E-state index in [9.17, 15) is 0 Å². The second kappa shape index (κ2) is 18.3. The van der Waals surface area contributed by atoms with Gasteiger partial charge in [0.1, 0.15) is 0 Å². The molecule has 2 atom stereocenters. The molecule has 1 fully saturated rings. The first-order valence-electron chi connectivity index (χ1n) is 19.6. The molecule has 0 bridgehead atoms. The van der Waals surface area contributed by atoms with Crippen molar-refractivity contribution in [1.29, 1.82) is 0 Å². The fourth-order valence-electron chi connectivity index (χ4n) is 9.27. The number of anilines is 1. The number of rotatable bonds is 11. The van der Waals surface area contributed by atoms with Gasteiger partial charge in [0.05, 0.1) is 6.04 Å². The van der Waals surface area contributed by atoms with Crippen molar-refractivity contribution in [3.63, 3.8) is 0 Å². The fraction of sp³-hybridized carbons (Fsp3) is 0.367. The number of benzene rings is 5. The molecule has 1 saturated heterocycles. The minimum atomic E-state index is -0.216. The maximum atomic E-state index is 6.84. The Morgan fingerprint density at radius 2 is 1.28 bits per heavy atom. The summed E-state index contributed by atoms with van der Waals surface area (Å²) < 4.78 is 2.17. The van der Waals surface area contributed by atoms with Crippen LogP contribution in [-0.2, 0) is 47.2 Å². The van der Waals surface area contributed by atoms with Crippen LogP contribution in [0.15, 0.2) is 127 Å². The van der Waals surface area contributed by atoms with E-state index in [1.54, 1.807) is 5.56 Å². The molecule has 1 aliphatic heterocycles. The third-order valence-electron chi connectivity index (χ3n) is 11.6. The molecule has 2 unspecified atom stereocenters. The molecule has 7 rings (SSSR count). The van der Waals surface area contributed by atoms with Crippen molar-refractivity contribution in [2.45, 2.75) is 109 Å². The van der Waals surface area contributed by atoms with Gasteiger partial charge in [-0.3, -0.25) is 0 Å². The second-order valence-electron chi connectivity index (χ2n) is 16.4. The quantitative estimate of drug-likeness (QED) is 0.0965. The van der Waals surface area contributed by atoms with Crippen LogP contribution in [0, 0.1) is 0 Å². The van der Waals surface area contributed by atoms with E-state index in [0.717, 1.165) is 19.6 Å². The summed E-state index contributed by atoms with van der Waals surface area (Å²) in [5.74, 6) is 1.65. The van der Waals surface area contributed by atoms with Gasteiger partial charge in [0, 0.05) is 22.5 Å². The van der Waals surface area contributed by atoms with Crippen LogP contribution in [0.2, 0.25) is 0 Å². The van der Waals surface area contributed by atoms with Gasteiger partial charge >= 0.3 is 162 Å². The average Bonchev–Trinajstić information content (AvgIpc) is 3.65. The number of hydrogen-bond donors (Lipinski definition) is 0. The van der Waals surface area contributed by atoms with E-state index in [2.05, 4.69) is 183 Å². The number of nitrogens with zero attached hydrogens (tertiary/aromatic N) is 2. The zero-order chi connectivity index (χ0) is 38.3. The Kier molecular flexibility index (Phi) is 13.7. The number of alkyl halides is 1. The van der Waals surface area contributed by atoms with Crippen molar-refractivity contribution in [3.05, 3.63) is 172 Å². The molecule has 0 N–H and O–H groups in total. The normalized spacial score (nSPS) is 19.0. The van der Waals surface area contributed by atoms with Crippen molar-refractivity contribution in [2.24, 2.45) is 0 Å². The molecule has 54 heavy (non-hydrogen) atoms. The van der Waals surface area contributed by atoms with Crippen LogP contribution in [0.3, 0.4) is 0 Å². The number of halogens is 2. The van der Waals surface area contributed by atoms with Gasteiger partial charge in [-0.1, -0.05) is 70.2 Å². The monoisotopic (exact) mass is 845 g/mol. The zero-order valence-electron chi connectivity index (χ0n) is 32.9. The van der Waals surface area contributed by atoms with Crippen LogP contribution < -0.4 is 4.90 Å². The van der Waals surface area contributed by atoms with Crippen LogP contribution in [0.4, 0.5) is 5.69 Å². The van der Waals surface area contributed by atoms with E-state index >= 15 is 0 Å². The van der Waals surface area contributed by atoms with E-state index in [1.165, 1.54) is 63.9 Å². The molecule has 2 nitrogen and oxygen atoms in total. The maximum absolute atomic E-state index is 6.84. The van der Waals surface area contributed by atoms with E-state index in [1.807, 2.05) is 0 Å². The number of hydrogen-bond acceptors (Lipinski definition) is 2. The Balaban J connectivity index is 0.000000186. The van der Waals surface area contributed by atoms with Gasteiger partial charge < -0.3 is 4.90 Å². The van der Waals surface area contributed by atoms with Crippen LogP contribution in [-0.4, -0.2) is 27.0 Å². The van der Waals surface area contributed by atoms with E-state index < -0.39 is 0 Å². The number of fused-ring (bicyclic) bond motifs is 2. The van der Waals surface area contributed by atoms with Crippen LogP contribution in [0.5, 0.6) is 0 Å². The summed E-state index contributed by atoms with van der Waals surface area (Å²) in [5.41, 5.74) is 12.9. The summed E-state index contributed by atoms with van der Waals surface area (Å²) in [5, 5.41) is 0. The molecule has 5 heteroatoms. The average molecular weight is 846 g/mol. The Bertz CT molecular complexity index is 1920. The van der Waals surface area contributed by atoms with Crippen molar-refractivity contribution >= 4 is 31.6 Å². The molecule has 285 valence electrons. The van der Waals surface area contributed by atoms with E-state index in [0.29, 0.717) is 23.8 Å². The first kappa shape index (κ1) is 40.6. The summed E-state index contributed by atoms with van der Waals surface area (Å²) in [6, 6.07) is 46.2. The van der Waals surface area contributed by atoms with Gasteiger partial charge in [-0.05, 0) is 67.2 Å². The van der Waals surface area contributed by atoms with Gasteiger partial charge in [0.15, 0.2) is 0 Å². The summed E-state index contributed by atoms with van der Waals surface area (Å²) in [6.07, 6.45) is 3.55. The van der Waals surface area contributed by atoms with Gasteiger partial charge in [0.25, 0.3) is 0 Å². The number of aryl methyl sites for hydroxylation is 1. The molecule has 1 aliphatic carbocycles. The molecule has 5 aromatic rings. The molecule has 0 radical (unpaired) electrons. The van der Waals surface area contributed by atoms with Crippen molar-refractivity contribution in [1.82, 2.24) is 4.90 Å². The van der Waals surface area contributed by atoms with Crippen molar-refractivity contribution in [3.8, 4) is 0 Å². The Morgan fingerprint density at radius 1 is 0.722 bits per heavy atom. The minimum absolute atomic E-state index is 0.0612. The second-order valence-corrected chi connectivity index (χ2v) is 18.5. The van der Waals surface area contributed by atoms with Crippen LogP contribution >= 0.6 is 21.3 Å². The van der Waals surface area contributed by atoms with E-state index in [4.69, 9.17) is 21.3 Å². The molecular weight excluding hydrogens is 789 g/mol. The Hall–Kier alpha value is -3.07. The van der Waals surface area contributed by atoms with Crippen molar-refractivity contribution in [2.75, 3.05) is 10.8 Å². The number of para-hydroxylation sites is 1. The first-order chi connectivity index (χ1) is 26.1. The summed E-state index contributed by atoms with van der Waals surface area (Å²) in [4.78, 5) is 5.23. The molecule has 0 aromatic heterocycles. The summed E-state index contributed by atoms with van der Waals surface area (Å²) in [6.45, 7) is 16.9. The molecule has 0 amide bonds. The molecule has 1 spiro atoms. The van der Waals surface area contributed by atoms with Crippen LogP contribution in [0.25, 0.3) is 0 Å². The van der Waals surface area contributed by atoms with Gasteiger partial charge in [-0.2, -0.15) is 0 Å². The third-order valence-corrected chi connectivity index (χ3v) is 13.0. The molecule has 0 saturated carbocycles. The third kappa shape index (κ3) is 8.97. The van der Waals surface area contributed by atoms with Gasteiger partial charge in [-0.25, -0.2) is 0 Å². The zero-order valence-corrected chi connectivity index (χ0v) is 36.1. The predicted octanol–water partition coefficient (Wildman–Crippen LogP) is 12.7. The van der Waals surface area contributed by atoms with Gasteiger partial charge in [-0.15, -0.1) is 11.6 Å². The molecule has 2 aliphatic rings. The van der Waals surface area contributed by atoms with Crippen molar-refractivity contribution < 1.29 is 15.7 Å². The standard InChI is InChI=1S/C27H36ClN.C22H21N.ClH.Ru/c1-18(2)21-11-9-12-22(19(3)4)25(21)29-24(16-28)27(17-26(29,5)6)15-14-20-10-7-8-13-23(20)27;1-19-10-8-9-15-22(19)18-23(16-20-11-4-2-5-12-20)17-21-13-6-3-7-14-21;;/h7-13,18-19,24H,14-17H2,1-6H3;1-15H,16-18H2;1H;/q;;;+1/p-1. The predicted molar refractivity (Wildman–Crippen MR) is 230 cm³/mol. The fourth-order valence-corrected chi connectivity index (χ4v) is 10.9. The molecular formula is C49H57Cl2N2Ru. The SMILES string of the molecule is CC(C)c1cccc(C(C)C)c1N1C(CCl)C2(CCc3ccccc32)CC1(C)C.[Cl][Ru]=[CH]c1ccccc1CN(Cc1ccccc1)Cc1ccccc1. The Morgan fingerprint density at radius 3 is 1.85 bits per heavy atom. The first-order valence-corrected chi connectivity index (χ1v) is 23.4. The topological polar surface area (TPSA) is 6.48 Å². The van der Waals surface area contributed by atoms with Gasteiger partial charge in [0.2, 0.25) is 0 Å². The van der Waals surface area contributed by atoms with E-state index in [-0.39, 0.29) is 26.6 Å². The Labute approximate surface area is 342 Å².